The molecule has 2 heterocycles. The molecule has 1 aliphatic rings. The van der Waals surface area contributed by atoms with Gasteiger partial charge in [-0.2, -0.15) is 5.10 Å². The second kappa shape index (κ2) is 5.73. The van der Waals surface area contributed by atoms with Crippen molar-refractivity contribution in [3.05, 3.63) is 11.9 Å². The molecule has 0 aromatic carbocycles. The Hall–Kier alpha value is -1.08. The van der Waals surface area contributed by atoms with E-state index < -0.39 is 15.9 Å². The maximum absolute atomic E-state index is 11.5. The number of rotatable bonds is 5. The molecule has 1 saturated heterocycles. The zero-order valence-corrected chi connectivity index (χ0v) is 12.9. The minimum atomic E-state index is -2.92. The molecular formula is C13H22N2O4S. The number of hydrogen-bond donors (Lipinski definition) is 1. The summed E-state index contributed by atoms with van der Waals surface area (Å²) in [5, 5.41) is 14.7. The Balaban J connectivity index is 2.16. The molecule has 1 fully saturated rings. The Kier molecular flexibility index (Phi) is 4.39. The first-order valence-electron chi connectivity index (χ1n) is 6.84. The van der Waals surface area contributed by atoms with Crippen LogP contribution in [-0.4, -0.2) is 41.9 Å². The molecule has 0 saturated carbocycles. The standard InChI is InChI=1S/C13H22N2O4S/c1-9(2)15-13(12(19-3)7-14-15)11(16)6-10-4-5-20(17,18)8-10/h7,9-11,16H,4-6,8H2,1-3H3. The van der Waals surface area contributed by atoms with Gasteiger partial charge in [0.2, 0.25) is 0 Å². The molecule has 2 unspecified atom stereocenters. The average molecular weight is 302 g/mol. The van der Waals surface area contributed by atoms with Crippen molar-refractivity contribution in [1.29, 1.82) is 0 Å². The number of nitrogens with zero attached hydrogens (tertiary/aromatic N) is 2. The molecule has 1 aromatic heterocycles. The van der Waals surface area contributed by atoms with Crippen LogP contribution in [0, 0.1) is 5.92 Å². The van der Waals surface area contributed by atoms with Crippen molar-refractivity contribution in [2.24, 2.45) is 5.92 Å². The lowest BCUT2D eigenvalue weighted by Gasteiger charge is -2.19. The second-order valence-electron chi connectivity index (χ2n) is 5.66. The van der Waals surface area contributed by atoms with Crippen LogP contribution in [0.3, 0.4) is 0 Å². The third-order valence-corrected chi connectivity index (χ3v) is 5.54. The fourth-order valence-electron chi connectivity index (χ4n) is 2.73. The Bertz CT molecular complexity index is 565. The fourth-order valence-corrected chi connectivity index (χ4v) is 4.61. The van der Waals surface area contributed by atoms with Gasteiger partial charge in [0.1, 0.15) is 5.69 Å². The topological polar surface area (TPSA) is 81.4 Å². The number of aliphatic hydroxyl groups excluding tert-OH is 1. The Morgan fingerprint density at radius 3 is 2.75 bits per heavy atom. The number of ether oxygens (including phenoxy) is 1. The van der Waals surface area contributed by atoms with E-state index in [0.29, 0.717) is 24.3 Å². The molecule has 1 N–H and O–H groups in total. The fraction of sp³-hybridized carbons (Fsp3) is 0.769. The van der Waals surface area contributed by atoms with E-state index in [-0.39, 0.29) is 23.5 Å². The molecule has 7 heteroatoms. The molecule has 0 aliphatic carbocycles. The third-order valence-electron chi connectivity index (χ3n) is 3.71. The highest BCUT2D eigenvalue weighted by Gasteiger charge is 2.31. The molecule has 6 nitrogen and oxygen atoms in total. The van der Waals surface area contributed by atoms with Crippen molar-refractivity contribution < 1.29 is 18.3 Å². The molecule has 2 atom stereocenters. The number of methoxy groups -OCH3 is 1. The zero-order chi connectivity index (χ0) is 14.9. The summed E-state index contributed by atoms with van der Waals surface area (Å²) in [6.45, 7) is 3.95. The van der Waals surface area contributed by atoms with Gasteiger partial charge in [0.25, 0.3) is 0 Å². The van der Waals surface area contributed by atoms with Crippen LogP contribution in [0.2, 0.25) is 0 Å². The normalized spacial score (nSPS) is 23.1. The van der Waals surface area contributed by atoms with Gasteiger partial charge in [0.15, 0.2) is 15.6 Å². The first-order valence-corrected chi connectivity index (χ1v) is 8.66. The van der Waals surface area contributed by atoms with E-state index in [1.54, 1.807) is 10.9 Å². The molecule has 114 valence electrons. The summed E-state index contributed by atoms with van der Waals surface area (Å²) < 4.78 is 29.9. The first kappa shape index (κ1) is 15.3. The van der Waals surface area contributed by atoms with Gasteiger partial charge in [0, 0.05) is 6.04 Å². The molecular weight excluding hydrogens is 280 g/mol. The Morgan fingerprint density at radius 1 is 1.55 bits per heavy atom. The summed E-state index contributed by atoms with van der Waals surface area (Å²) in [4.78, 5) is 0. The van der Waals surface area contributed by atoms with Crippen LogP contribution in [0.4, 0.5) is 0 Å². The molecule has 0 bridgehead atoms. The first-order chi connectivity index (χ1) is 9.34. The summed E-state index contributed by atoms with van der Waals surface area (Å²) in [6, 6.07) is 0.107. The summed E-state index contributed by atoms with van der Waals surface area (Å²) in [5.41, 5.74) is 0.631. The third kappa shape index (κ3) is 3.15. The summed E-state index contributed by atoms with van der Waals surface area (Å²) >= 11 is 0. The predicted octanol–water partition coefficient (Wildman–Crippen LogP) is 1.33. The maximum Gasteiger partial charge on any atom is 0.162 e. The quantitative estimate of drug-likeness (QED) is 0.887. The van der Waals surface area contributed by atoms with Gasteiger partial charge in [-0.05, 0) is 32.6 Å². The lowest BCUT2D eigenvalue weighted by molar-refractivity contribution is 0.133. The van der Waals surface area contributed by atoms with E-state index in [0.717, 1.165) is 0 Å². The highest BCUT2D eigenvalue weighted by Crippen LogP contribution is 2.34. The SMILES string of the molecule is COc1cnn(C(C)C)c1C(O)CC1CCS(=O)(=O)C1. The number of aliphatic hydroxyl groups is 1. The molecule has 20 heavy (non-hydrogen) atoms. The molecule has 1 aliphatic heterocycles. The van der Waals surface area contributed by atoms with Crippen LogP contribution < -0.4 is 4.74 Å². The lowest BCUT2D eigenvalue weighted by Crippen LogP contribution is -2.15. The summed E-state index contributed by atoms with van der Waals surface area (Å²) in [6.07, 6.45) is 1.88. The molecule has 0 amide bonds. The van der Waals surface area contributed by atoms with E-state index in [1.807, 2.05) is 13.8 Å². The smallest absolute Gasteiger partial charge is 0.162 e. The van der Waals surface area contributed by atoms with Crippen LogP contribution in [0.1, 0.15) is 44.5 Å². The summed E-state index contributed by atoms with van der Waals surface area (Å²) in [5.74, 6) is 0.954. The van der Waals surface area contributed by atoms with E-state index in [9.17, 15) is 13.5 Å². The largest absolute Gasteiger partial charge is 0.493 e. The number of sulfone groups is 1. The highest BCUT2D eigenvalue weighted by molar-refractivity contribution is 7.91. The van der Waals surface area contributed by atoms with Crippen molar-refractivity contribution >= 4 is 9.84 Å². The van der Waals surface area contributed by atoms with Gasteiger partial charge in [0.05, 0.1) is 30.9 Å². The van der Waals surface area contributed by atoms with Crippen LogP contribution in [-0.2, 0) is 9.84 Å². The van der Waals surface area contributed by atoms with Crippen molar-refractivity contribution in [3.63, 3.8) is 0 Å². The van der Waals surface area contributed by atoms with Crippen molar-refractivity contribution in [3.8, 4) is 5.75 Å². The zero-order valence-electron chi connectivity index (χ0n) is 12.1. The van der Waals surface area contributed by atoms with Crippen molar-refractivity contribution in [2.45, 2.75) is 38.8 Å². The maximum atomic E-state index is 11.5. The van der Waals surface area contributed by atoms with E-state index in [4.69, 9.17) is 4.74 Å². The van der Waals surface area contributed by atoms with Crippen LogP contribution >= 0.6 is 0 Å². The van der Waals surface area contributed by atoms with Gasteiger partial charge in [-0.15, -0.1) is 0 Å². The predicted molar refractivity (Wildman–Crippen MR) is 75.5 cm³/mol. The number of hydrogen-bond acceptors (Lipinski definition) is 5. The van der Waals surface area contributed by atoms with Gasteiger partial charge < -0.3 is 9.84 Å². The average Bonchev–Trinajstić information content (AvgIpc) is 2.92. The number of aromatic nitrogens is 2. The second-order valence-corrected chi connectivity index (χ2v) is 7.89. The van der Waals surface area contributed by atoms with Crippen LogP contribution in [0.25, 0.3) is 0 Å². The molecule has 0 radical (unpaired) electrons. The van der Waals surface area contributed by atoms with E-state index in [1.165, 1.54) is 7.11 Å². The lowest BCUT2D eigenvalue weighted by atomic mass is 9.99. The Labute approximate surface area is 119 Å². The van der Waals surface area contributed by atoms with Gasteiger partial charge in [-0.25, -0.2) is 8.42 Å². The minimum Gasteiger partial charge on any atom is -0.493 e. The summed E-state index contributed by atoms with van der Waals surface area (Å²) in [7, 11) is -1.38. The van der Waals surface area contributed by atoms with Gasteiger partial charge in [-0.1, -0.05) is 0 Å². The van der Waals surface area contributed by atoms with Gasteiger partial charge in [-0.3, -0.25) is 4.68 Å². The van der Waals surface area contributed by atoms with Crippen LogP contribution in [0.15, 0.2) is 6.20 Å². The highest BCUT2D eigenvalue weighted by atomic mass is 32.2. The molecule has 2 rings (SSSR count). The van der Waals surface area contributed by atoms with Gasteiger partial charge >= 0.3 is 0 Å². The molecule has 1 aromatic rings. The monoisotopic (exact) mass is 302 g/mol. The minimum absolute atomic E-state index is 0.00946. The Morgan fingerprint density at radius 2 is 2.25 bits per heavy atom. The van der Waals surface area contributed by atoms with E-state index >= 15 is 0 Å². The molecule has 0 spiro atoms. The van der Waals surface area contributed by atoms with Crippen molar-refractivity contribution in [1.82, 2.24) is 9.78 Å². The van der Waals surface area contributed by atoms with E-state index in [2.05, 4.69) is 5.10 Å². The van der Waals surface area contributed by atoms with Crippen LogP contribution in [0.5, 0.6) is 5.75 Å². The van der Waals surface area contributed by atoms with Crippen molar-refractivity contribution in [2.75, 3.05) is 18.6 Å².